The molecule has 0 aliphatic rings. The summed E-state index contributed by atoms with van der Waals surface area (Å²) >= 11 is 6.05. The van der Waals surface area contributed by atoms with E-state index in [1.165, 1.54) is 30.3 Å². The predicted octanol–water partition coefficient (Wildman–Crippen LogP) is 5.73. The molecule has 0 fully saturated rings. The Kier molecular flexibility index (Phi) is 5.14. The number of alkyl halides is 3. The van der Waals surface area contributed by atoms with Gasteiger partial charge in [-0.15, -0.1) is 0 Å². The molecular weight excluding hydrogens is 449 g/mol. The minimum Gasteiger partial charge on any atom is -0.508 e. The van der Waals surface area contributed by atoms with Gasteiger partial charge in [0.1, 0.15) is 22.9 Å². The summed E-state index contributed by atoms with van der Waals surface area (Å²) in [7, 11) is 0. The Hall–Kier alpha value is -3.85. The Bertz CT molecular complexity index is 1400. The first-order valence-corrected chi connectivity index (χ1v) is 9.47. The van der Waals surface area contributed by atoms with E-state index in [0.29, 0.717) is 0 Å². The van der Waals surface area contributed by atoms with Crippen molar-refractivity contribution in [1.82, 2.24) is 4.98 Å². The van der Waals surface area contributed by atoms with Crippen LogP contribution in [-0.2, 0) is 6.18 Å². The lowest BCUT2D eigenvalue weighted by Crippen LogP contribution is -2.14. The highest BCUT2D eigenvalue weighted by Gasteiger charge is 2.31. The van der Waals surface area contributed by atoms with Crippen LogP contribution in [0.1, 0.15) is 5.56 Å². The lowest BCUT2D eigenvalue weighted by atomic mass is 9.96. The van der Waals surface area contributed by atoms with Gasteiger partial charge in [0.2, 0.25) is 0 Å². The fraction of sp³-hybridized carbons (Fsp3) is 0.0455. The van der Waals surface area contributed by atoms with Crippen LogP contribution < -0.4 is 10.9 Å². The summed E-state index contributed by atoms with van der Waals surface area (Å²) in [6, 6.07) is 10.2. The number of phenolic OH excluding ortho intramolecular Hbond substituents is 3. The van der Waals surface area contributed by atoms with Gasteiger partial charge >= 0.3 is 6.18 Å². The molecule has 0 amide bonds. The summed E-state index contributed by atoms with van der Waals surface area (Å²) in [4.78, 5) is 15.4. The van der Waals surface area contributed by atoms with E-state index in [-0.39, 0.29) is 55.7 Å². The molecular formula is C22H14ClF3N2O4. The second-order valence-corrected chi connectivity index (χ2v) is 7.42. The molecule has 10 heteroatoms. The molecule has 0 atom stereocenters. The van der Waals surface area contributed by atoms with Gasteiger partial charge in [-0.05, 0) is 36.4 Å². The van der Waals surface area contributed by atoms with Crippen LogP contribution in [0.3, 0.4) is 0 Å². The number of benzene rings is 3. The molecule has 0 aliphatic carbocycles. The Morgan fingerprint density at radius 3 is 2.25 bits per heavy atom. The molecule has 4 aromatic rings. The van der Waals surface area contributed by atoms with E-state index in [1.807, 2.05) is 0 Å². The molecule has 5 N–H and O–H groups in total. The molecule has 6 nitrogen and oxygen atoms in total. The monoisotopic (exact) mass is 462 g/mol. The maximum atomic E-state index is 13.4. The minimum atomic E-state index is -4.65. The first-order valence-electron chi connectivity index (χ1n) is 9.09. The van der Waals surface area contributed by atoms with Crippen molar-refractivity contribution < 1.29 is 28.5 Å². The van der Waals surface area contributed by atoms with Crippen molar-refractivity contribution in [2.45, 2.75) is 6.18 Å². The second kappa shape index (κ2) is 7.69. The fourth-order valence-corrected chi connectivity index (χ4v) is 3.56. The summed E-state index contributed by atoms with van der Waals surface area (Å²) in [5.41, 5.74) is -1.74. The maximum Gasteiger partial charge on any atom is 0.416 e. The van der Waals surface area contributed by atoms with E-state index in [4.69, 9.17) is 11.6 Å². The van der Waals surface area contributed by atoms with Gasteiger partial charge in [-0.2, -0.15) is 13.2 Å². The smallest absolute Gasteiger partial charge is 0.416 e. The van der Waals surface area contributed by atoms with E-state index in [9.17, 15) is 33.3 Å². The number of fused-ring (bicyclic) bond motifs is 1. The Morgan fingerprint density at radius 1 is 0.906 bits per heavy atom. The zero-order valence-electron chi connectivity index (χ0n) is 16.0. The number of aromatic amines is 1. The normalized spacial score (nSPS) is 11.6. The highest BCUT2D eigenvalue weighted by Crippen LogP contribution is 2.42. The van der Waals surface area contributed by atoms with Crippen LogP contribution in [0.25, 0.3) is 22.0 Å². The average molecular weight is 463 g/mol. The van der Waals surface area contributed by atoms with Gasteiger partial charge in [0, 0.05) is 50.9 Å². The number of rotatable bonds is 3. The van der Waals surface area contributed by atoms with Crippen LogP contribution >= 0.6 is 11.6 Å². The molecule has 0 aliphatic heterocycles. The van der Waals surface area contributed by atoms with Crippen LogP contribution in [0, 0.1) is 0 Å². The van der Waals surface area contributed by atoms with Gasteiger partial charge in [-0.3, -0.25) is 4.79 Å². The molecule has 0 bridgehead atoms. The van der Waals surface area contributed by atoms with Gasteiger partial charge in [-0.1, -0.05) is 11.6 Å². The first kappa shape index (κ1) is 21.4. The highest BCUT2D eigenvalue weighted by molar-refractivity contribution is 6.31. The van der Waals surface area contributed by atoms with Gasteiger partial charge in [0.15, 0.2) is 0 Å². The van der Waals surface area contributed by atoms with Crippen LogP contribution in [0.4, 0.5) is 24.5 Å². The van der Waals surface area contributed by atoms with E-state index >= 15 is 0 Å². The number of H-pyrrole nitrogens is 1. The lowest BCUT2D eigenvalue weighted by molar-refractivity contribution is -0.137. The third kappa shape index (κ3) is 4.02. The quantitative estimate of drug-likeness (QED) is 0.267. The van der Waals surface area contributed by atoms with E-state index in [0.717, 1.165) is 24.3 Å². The van der Waals surface area contributed by atoms with Crippen molar-refractivity contribution in [2.75, 3.05) is 5.32 Å². The van der Waals surface area contributed by atoms with Gasteiger partial charge in [0.05, 0.1) is 5.56 Å². The summed E-state index contributed by atoms with van der Waals surface area (Å²) in [6.45, 7) is 0. The zero-order valence-corrected chi connectivity index (χ0v) is 16.7. The number of hydrogen-bond acceptors (Lipinski definition) is 5. The summed E-state index contributed by atoms with van der Waals surface area (Å²) < 4.78 is 40.2. The summed E-state index contributed by atoms with van der Waals surface area (Å²) in [6.07, 6.45) is -4.65. The van der Waals surface area contributed by atoms with Crippen LogP contribution in [0.15, 0.2) is 59.4 Å². The molecule has 0 spiro atoms. The van der Waals surface area contributed by atoms with E-state index < -0.39 is 17.3 Å². The van der Waals surface area contributed by atoms with Crippen LogP contribution in [0.2, 0.25) is 5.02 Å². The number of pyridine rings is 1. The second-order valence-electron chi connectivity index (χ2n) is 6.99. The number of nitrogens with one attached hydrogen (secondary N) is 2. The lowest BCUT2D eigenvalue weighted by Gasteiger charge is -2.17. The number of halogens is 4. The number of hydrogen-bond donors (Lipinski definition) is 5. The fourth-order valence-electron chi connectivity index (χ4n) is 3.39. The molecule has 1 heterocycles. The first-order chi connectivity index (χ1) is 15.0. The standard InChI is InChI=1S/C22H14ClF3N2O4/c23-11-2-4-18(31)16(6-11)19-15-5-10(22(24,25)26)1-3-17(15)28-21(32)20(19)27-12-7-13(29)9-14(30)8-12/h1-9,27,29-31H,(H,28,32). The highest BCUT2D eigenvalue weighted by atomic mass is 35.5. The third-order valence-corrected chi connectivity index (χ3v) is 4.98. The largest absolute Gasteiger partial charge is 0.508 e. The van der Waals surface area contributed by atoms with Gasteiger partial charge < -0.3 is 25.6 Å². The van der Waals surface area contributed by atoms with Crippen molar-refractivity contribution in [3.05, 3.63) is 75.5 Å². The summed E-state index contributed by atoms with van der Waals surface area (Å²) in [5, 5.41) is 32.8. The molecule has 0 saturated carbocycles. The Balaban J connectivity index is 2.09. The number of aromatic hydroxyl groups is 3. The molecule has 3 aromatic carbocycles. The molecule has 0 radical (unpaired) electrons. The van der Waals surface area contributed by atoms with Crippen molar-refractivity contribution in [3.63, 3.8) is 0 Å². The average Bonchev–Trinajstić information content (AvgIpc) is 2.69. The van der Waals surface area contributed by atoms with Gasteiger partial charge in [0.25, 0.3) is 5.56 Å². The third-order valence-electron chi connectivity index (χ3n) is 4.74. The molecule has 1 aromatic heterocycles. The minimum absolute atomic E-state index is 0.0103. The van der Waals surface area contributed by atoms with Crippen molar-refractivity contribution >= 4 is 33.9 Å². The molecule has 164 valence electrons. The molecule has 0 saturated heterocycles. The van der Waals surface area contributed by atoms with E-state index in [2.05, 4.69) is 10.3 Å². The summed E-state index contributed by atoms with van der Waals surface area (Å²) in [5.74, 6) is -0.937. The van der Waals surface area contributed by atoms with Crippen molar-refractivity contribution in [3.8, 4) is 28.4 Å². The molecule has 4 rings (SSSR count). The van der Waals surface area contributed by atoms with Gasteiger partial charge in [-0.25, -0.2) is 0 Å². The van der Waals surface area contributed by atoms with Crippen molar-refractivity contribution in [2.24, 2.45) is 0 Å². The van der Waals surface area contributed by atoms with E-state index in [1.54, 1.807) is 0 Å². The number of anilines is 2. The topological polar surface area (TPSA) is 106 Å². The predicted molar refractivity (Wildman–Crippen MR) is 115 cm³/mol. The number of phenols is 3. The number of aromatic nitrogens is 1. The maximum absolute atomic E-state index is 13.4. The SMILES string of the molecule is O=c1[nH]c2ccc(C(F)(F)F)cc2c(-c2cc(Cl)ccc2O)c1Nc1cc(O)cc(O)c1. The zero-order chi connectivity index (χ0) is 23.2. The Morgan fingerprint density at radius 2 is 1.59 bits per heavy atom. The van der Waals surface area contributed by atoms with Crippen molar-refractivity contribution in [1.29, 1.82) is 0 Å². The Labute approximate surface area is 183 Å². The molecule has 32 heavy (non-hydrogen) atoms. The van der Waals surface area contributed by atoms with Crippen LogP contribution in [0.5, 0.6) is 17.2 Å². The molecule has 0 unspecified atom stereocenters. The van der Waals surface area contributed by atoms with Crippen LogP contribution in [-0.4, -0.2) is 20.3 Å².